The van der Waals surface area contributed by atoms with Crippen LogP contribution in [0, 0.1) is 0 Å². The number of sulfonamides is 1. The zero-order valence-corrected chi connectivity index (χ0v) is 15.8. The standard InChI is InChI=1S/C19H19F3N2O3S/c1-24(12-13-5-7-15(8-6-13)19(20,21)22)18(25)14-3-2-4-17(11-14)28(26,27)23-16-9-10-16/h2-8,11,16,23H,9-10,12H2,1H3. The molecule has 0 bridgehead atoms. The van der Waals surface area contributed by atoms with Crippen molar-refractivity contribution in [2.75, 3.05) is 7.05 Å². The van der Waals surface area contributed by atoms with E-state index in [-0.39, 0.29) is 23.0 Å². The quantitative estimate of drug-likeness (QED) is 0.791. The molecule has 0 aliphatic heterocycles. The Labute approximate surface area is 161 Å². The molecule has 0 atom stereocenters. The van der Waals surface area contributed by atoms with Crippen molar-refractivity contribution in [3.05, 3.63) is 65.2 Å². The minimum Gasteiger partial charge on any atom is -0.337 e. The van der Waals surface area contributed by atoms with E-state index in [1.54, 1.807) is 0 Å². The maximum absolute atomic E-state index is 12.6. The van der Waals surface area contributed by atoms with Gasteiger partial charge in [0, 0.05) is 25.2 Å². The number of hydrogen-bond donors (Lipinski definition) is 1. The van der Waals surface area contributed by atoms with Crippen LogP contribution in [0.2, 0.25) is 0 Å². The lowest BCUT2D eigenvalue weighted by atomic mass is 10.1. The Kier molecular flexibility index (Phi) is 5.49. The molecule has 0 unspecified atom stereocenters. The van der Waals surface area contributed by atoms with E-state index in [4.69, 9.17) is 0 Å². The largest absolute Gasteiger partial charge is 0.416 e. The lowest BCUT2D eigenvalue weighted by Crippen LogP contribution is -2.28. The predicted octanol–water partition coefficient (Wildman–Crippen LogP) is 3.42. The van der Waals surface area contributed by atoms with E-state index < -0.39 is 27.7 Å². The Balaban J connectivity index is 1.72. The van der Waals surface area contributed by atoms with Gasteiger partial charge in [-0.05, 0) is 48.7 Å². The molecular formula is C19H19F3N2O3S. The molecule has 2 aromatic rings. The van der Waals surface area contributed by atoms with Crippen LogP contribution >= 0.6 is 0 Å². The van der Waals surface area contributed by atoms with Crippen LogP contribution < -0.4 is 4.72 Å². The SMILES string of the molecule is CN(Cc1ccc(C(F)(F)F)cc1)C(=O)c1cccc(S(=O)(=O)NC2CC2)c1. The number of nitrogens with one attached hydrogen (secondary N) is 1. The summed E-state index contributed by atoms with van der Waals surface area (Å²) in [5.74, 6) is -0.427. The third-order valence-corrected chi connectivity index (χ3v) is 5.86. The van der Waals surface area contributed by atoms with Crippen molar-refractivity contribution in [2.45, 2.75) is 36.5 Å². The van der Waals surface area contributed by atoms with Crippen LogP contribution in [0.15, 0.2) is 53.4 Å². The highest BCUT2D eigenvalue weighted by atomic mass is 32.2. The van der Waals surface area contributed by atoms with E-state index in [1.165, 1.54) is 48.3 Å². The van der Waals surface area contributed by atoms with Gasteiger partial charge in [-0.2, -0.15) is 13.2 Å². The number of nitrogens with zero attached hydrogens (tertiary/aromatic N) is 1. The minimum absolute atomic E-state index is 0.00757. The monoisotopic (exact) mass is 412 g/mol. The number of alkyl halides is 3. The fraction of sp³-hybridized carbons (Fsp3) is 0.316. The van der Waals surface area contributed by atoms with Crippen LogP contribution in [-0.4, -0.2) is 32.3 Å². The second kappa shape index (κ2) is 7.56. The average Bonchev–Trinajstić information content (AvgIpc) is 3.44. The van der Waals surface area contributed by atoms with Gasteiger partial charge in [-0.3, -0.25) is 4.79 Å². The van der Waals surface area contributed by atoms with Crippen LogP contribution in [0.25, 0.3) is 0 Å². The lowest BCUT2D eigenvalue weighted by Gasteiger charge is -2.18. The number of rotatable bonds is 6. The van der Waals surface area contributed by atoms with Crippen molar-refractivity contribution in [1.82, 2.24) is 9.62 Å². The predicted molar refractivity (Wildman–Crippen MR) is 97.0 cm³/mol. The molecule has 2 aromatic carbocycles. The fourth-order valence-corrected chi connectivity index (χ4v) is 4.00. The summed E-state index contributed by atoms with van der Waals surface area (Å²) in [6.07, 6.45) is -2.82. The summed E-state index contributed by atoms with van der Waals surface area (Å²) in [7, 11) is -2.18. The lowest BCUT2D eigenvalue weighted by molar-refractivity contribution is -0.137. The molecule has 0 heterocycles. The van der Waals surface area contributed by atoms with E-state index in [1.807, 2.05) is 0 Å². The van der Waals surface area contributed by atoms with Gasteiger partial charge in [0.25, 0.3) is 5.91 Å². The molecule has 5 nitrogen and oxygen atoms in total. The maximum atomic E-state index is 12.6. The highest BCUT2D eigenvalue weighted by molar-refractivity contribution is 7.89. The van der Waals surface area contributed by atoms with Gasteiger partial charge in [-0.15, -0.1) is 0 Å². The molecule has 28 heavy (non-hydrogen) atoms. The van der Waals surface area contributed by atoms with Crippen molar-refractivity contribution < 1.29 is 26.4 Å². The Hall–Kier alpha value is -2.39. The van der Waals surface area contributed by atoms with Crippen molar-refractivity contribution in [3.8, 4) is 0 Å². The first-order chi connectivity index (χ1) is 13.1. The van der Waals surface area contributed by atoms with Gasteiger partial charge in [-0.25, -0.2) is 13.1 Å². The van der Waals surface area contributed by atoms with Crippen molar-refractivity contribution >= 4 is 15.9 Å². The summed E-state index contributed by atoms with van der Waals surface area (Å²) in [6, 6.07) is 10.2. The van der Waals surface area contributed by atoms with Crippen LogP contribution in [0.1, 0.15) is 34.3 Å². The van der Waals surface area contributed by atoms with Gasteiger partial charge in [0.1, 0.15) is 0 Å². The number of benzene rings is 2. The number of amides is 1. The summed E-state index contributed by atoms with van der Waals surface area (Å²) >= 11 is 0. The summed E-state index contributed by atoms with van der Waals surface area (Å²) in [6.45, 7) is 0.0915. The second-order valence-electron chi connectivity index (χ2n) is 6.78. The van der Waals surface area contributed by atoms with Gasteiger partial charge in [0.15, 0.2) is 0 Å². The average molecular weight is 412 g/mol. The van der Waals surface area contributed by atoms with Gasteiger partial charge in [-0.1, -0.05) is 18.2 Å². The highest BCUT2D eigenvalue weighted by Crippen LogP contribution is 2.29. The highest BCUT2D eigenvalue weighted by Gasteiger charge is 2.30. The van der Waals surface area contributed by atoms with Crippen molar-refractivity contribution in [3.63, 3.8) is 0 Å². The molecule has 3 rings (SSSR count). The van der Waals surface area contributed by atoms with Gasteiger partial charge < -0.3 is 4.90 Å². The molecule has 9 heteroatoms. The Morgan fingerprint density at radius 2 is 1.79 bits per heavy atom. The Morgan fingerprint density at radius 1 is 1.14 bits per heavy atom. The summed E-state index contributed by atoms with van der Waals surface area (Å²) < 4.78 is 65.1. The molecule has 1 aliphatic rings. The van der Waals surface area contributed by atoms with Crippen LogP contribution in [0.5, 0.6) is 0 Å². The molecule has 1 fully saturated rings. The third kappa shape index (κ3) is 4.90. The van der Waals surface area contributed by atoms with Crippen LogP contribution in [0.3, 0.4) is 0 Å². The number of halogens is 3. The summed E-state index contributed by atoms with van der Waals surface area (Å²) in [4.78, 5) is 13.9. The van der Waals surface area contributed by atoms with E-state index in [9.17, 15) is 26.4 Å². The first kappa shape index (κ1) is 20.3. The smallest absolute Gasteiger partial charge is 0.337 e. The molecule has 1 saturated carbocycles. The van der Waals surface area contributed by atoms with Crippen LogP contribution in [-0.2, 0) is 22.7 Å². The van der Waals surface area contributed by atoms with Gasteiger partial charge in [0.05, 0.1) is 10.5 Å². The van der Waals surface area contributed by atoms with Crippen LogP contribution in [0.4, 0.5) is 13.2 Å². The molecule has 0 spiro atoms. The van der Waals surface area contributed by atoms with E-state index in [0.717, 1.165) is 25.0 Å². The molecule has 1 amide bonds. The summed E-state index contributed by atoms with van der Waals surface area (Å²) in [5.41, 5.74) is -0.0394. The van der Waals surface area contributed by atoms with E-state index in [0.29, 0.717) is 5.56 Å². The summed E-state index contributed by atoms with van der Waals surface area (Å²) in [5, 5.41) is 0. The normalized spacial score (nSPS) is 14.7. The Bertz CT molecular complexity index is 969. The zero-order valence-electron chi connectivity index (χ0n) is 15.0. The molecule has 0 saturated heterocycles. The van der Waals surface area contributed by atoms with E-state index >= 15 is 0 Å². The first-order valence-electron chi connectivity index (χ1n) is 8.60. The molecule has 0 aromatic heterocycles. The molecular weight excluding hydrogens is 393 g/mol. The minimum atomic E-state index is -4.42. The molecule has 0 radical (unpaired) electrons. The maximum Gasteiger partial charge on any atom is 0.416 e. The topological polar surface area (TPSA) is 66.5 Å². The number of hydrogen-bond acceptors (Lipinski definition) is 3. The number of carbonyl (C=O) groups is 1. The zero-order chi connectivity index (χ0) is 20.5. The first-order valence-corrected chi connectivity index (χ1v) is 10.1. The van der Waals surface area contributed by atoms with Crippen molar-refractivity contribution in [1.29, 1.82) is 0 Å². The number of carbonyl (C=O) groups excluding carboxylic acids is 1. The van der Waals surface area contributed by atoms with Gasteiger partial charge in [0.2, 0.25) is 10.0 Å². The van der Waals surface area contributed by atoms with E-state index in [2.05, 4.69) is 4.72 Å². The third-order valence-electron chi connectivity index (χ3n) is 4.34. The van der Waals surface area contributed by atoms with Gasteiger partial charge >= 0.3 is 6.18 Å². The second-order valence-corrected chi connectivity index (χ2v) is 8.49. The van der Waals surface area contributed by atoms with Crippen molar-refractivity contribution in [2.24, 2.45) is 0 Å². The Morgan fingerprint density at radius 3 is 2.36 bits per heavy atom. The molecule has 1 N–H and O–H groups in total. The molecule has 150 valence electrons. The fourth-order valence-electron chi connectivity index (χ4n) is 2.65. The molecule has 1 aliphatic carbocycles.